The number of halogens is 2. The molecule has 4 aromatic heterocycles. The topological polar surface area (TPSA) is 35.2 Å². The van der Waals surface area contributed by atoms with E-state index in [1.54, 1.807) is 0 Å². The van der Waals surface area contributed by atoms with E-state index in [1.165, 1.54) is 140 Å². The van der Waals surface area contributed by atoms with Crippen LogP contribution in [0, 0.1) is 74.7 Å². The Kier molecular flexibility index (Phi) is 45.4. The fourth-order valence-electron chi connectivity index (χ4n) is 10.6. The molecule has 524 valence electrons. The second-order valence-electron chi connectivity index (χ2n) is 23.2. The van der Waals surface area contributed by atoms with Crippen LogP contribution in [0.15, 0.2) is 218 Å². The molecule has 0 aliphatic rings. The zero-order chi connectivity index (χ0) is 70.2. The quantitative estimate of drug-likeness (QED) is 0.0213. The summed E-state index contributed by atoms with van der Waals surface area (Å²) in [6.45, 7) is 19.0. The summed E-state index contributed by atoms with van der Waals surface area (Å²) in [4.78, 5) is 0. The van der Waals surface area contributed by atoms with Gasteiger partial charge in [0.25, 0.3) is 0 Å². The third-order valence-electron chi connectivity index (χ3n) is 15.7. The minimum atomic E-state index is 0. The predicted octanol–water partition coefficient (Wildman–Crippen LogP) is 19.4. The normalized spacial score (nSPS) is 9.88. The van der Waals surface area contributed by atoms with Gasteiger partial charge >= 0.3 is 42.1 Å². The Bertz CT molecular complexity index is 3730. The molecule has 0 aliphatic carbocycles. The summed E-state index contributed by atoms with van der Waals surface area (Å²) in [5, 5.41) is 0.194. The van der Waals surface area contributed by atoms with Gasteiger partial charge in [-0.2, -0.15) is 0 Å². The van der Waals surface area contributed by atoms with Crippen LogP contribution >= 0.6 is 23.2 Å². The molecule has 0 spiro atoms. The number of benzene rings is 8. The summed E-state index contributed by atoms with van der Waals surface area (Å²) < 4.78 is 18.1. The van der Waals surface area contributed by atoms with Gasteiger partial charge in [-0.25, -0.2) is 0 Å². The van der Waals surface area contributed by atoms with Crippen molar-refractivity contribution in [2.45, 2.75) is 177 Å². The van der Waals surface area contributed by atoms with E-state index in [0.29, 0.717) is 0 Å². The van der Waals surface area contributed by atoms with Crippen LogP contribution in [0.5, 0.6) is 0 Å². The van der Waals surface area contributed by atoms with Gasteiger partial charge in [0, 0.05) is 44.1 Å². The Balaban J connectivity index is 0.000000335. The summed E-state index contributed by atoms with van der Waals surface area (Å²) in [7, 11) is 0. The van der Waals surface area contributed by atoms with Crippen molar-refractivity contribution in [2.24, 2.45) is 0 Å². The van der Waals surface area contributed by atoms with Crippen LogP contribution in [0.3, 0.4) is 0 Å². The van der Waals surface area contributed by atoms with Crippen LogP contribution in [0.2, 0.25) is 0 Å². The van der Waals surface area contributed by atoms with Gasteiger partial charge in [-0.1, -0.05) is 256 Å². The van der Waals surface area contributed by atoms with Crippen LogP contribution in [0.4, 0.5) is 0 Å². The van der Waals surface area contributed by atoms with Crippen LogP contribution < -0.4 is 18.3 Å². The fourth-order valence-corrected chi connectivity index (χ4v) is 10.6. The molecule has 0 N–H and O–H groups in total. The number of hydrogen-bond donors (Lipinski definition) is 0. The van der Waals surface area contributed by atoms with E-state index in [-0.39, 0.29) is 47.5 Å². The van der Waals surface area contributed by atoms with Crippen LogP contribution in [-0.2, 0) is 81.6 Å². The Morgan fingerprint density at radius 3 is 0.620 bits per heavy atom. The number of aromatic nitrogens is 8. The molecule has 8 nitrogen and oxygen atoms in total. The third-order valence-corrected chi connectivity index (χ3v) is 15.7. The molecule has 0 saturated carbocycles. The number of rotatable bonds is 22. The number of aryl methyl sites for hydroxylation is 4. The van der Waals surface area contributed by atoms with Crippen molar-refractivity contribution < 1.29 is 60.4 Å². The number of fused-ring (bicyclic) bond motifs is 4. The van der Waals surface area contributed by atoms with Gasteiger partial charge in [-0.3, -0.25) is 23.7 Å². The summed E-state index contributed by atoms with van der Waals surface area (Å²) in [5.74, 6) is 9.11. The molecule has 0 amide bonds. The minimum absolute atomic E-state index is 0. The molecule has 12 aromatic rings. The SMILES string of the molecule is CCCCC.CCCCC[n+]1[c-]n(Cn2[c-][n+](CCCCC)c3ccccc32)c2ccccc21.CCCCC[n+]1[c-]n(Cn2[c-][n+](CCCCC)c3ccccc32)c2ccccc21.ClCCl.[C-]#Cc1ccccc1.[C-]#Cc1ccccc1.[C-]#Cc1ccccc1.[C-]#Cc1ccccc1.[Pt+2].[Pt+2]. The number of unbranched alkanes of at least 4 members (excludes halogenated alkanes) is 10. The van der Waals surface area contributed by atoms with E-state index in [1.807, 2.05) is 121 Å². The van der Waals surface area contributed by atoms with Gasteiger partial charge in [0.2, 0.25) is 25.3 Å². The molecular formula is C88H98Cl2N8Pt2. The molecule has 100 heavy (non-hydrogen) atoms. The molecule has 0 fully saturated rings. The first-order valence-electron chi connectivity index (χ1n) is 34.8. The molecule has 12 rings (SSSR count). The van der Waals surface area contributed by atoms with E-state index in [4.69, 9.17) is 48.9 Å². The van der Waals surface area contributed by atoms with Gasteiger partial charge in [0.1, 0.15) is 0 Å². The van der Waals surface area contributed by atoms with Crippen LogP contribution in [-0.4, -0.2) is 23.6 Å². The summed E-state index contributed by atoms with van der Waals surface area (Å²) in [6.07, 6.45) is 60.0. The molecular weight excluding hydrogens is 1630 g/mol. The number of para-hydroxylation sites is 8. The minimum Gasteiger partial charge on any atom is -0.366 e. The number of hydrogen-bond acceptors (Lipinski definition) is 0. The van der Waals surface area contributed by atoms with Crippen molar-refractivity contribution in [3.05, 3.63) is 292 Å². The smallest absolute Gasteiger partial charge is 0.366 e. The monoisotopic (exact) mass is 1730 g/mol. The van der Waals surface area contributed by atoms with E-state index in [2.05, 4.69) is 224 Å². The molecule has 0 unspecified atom stereocenters. The van der Waals surface area contributed by atoms with Crippen LogP contribution in [0.1, 0.15) is 160 Å². The van der Waals surface area contributed by atoms with Crippen molar-refractivity contribution in [1.29, 1.82) is 0 Å². The maximum absolute atomic E-state index is 6.69. The Morgan fingerprint density at radius 1 is 0.280 bits per heavy atom. The zero-order valence-corrected chi connectivity index (χ0v) is 65.4. The predicted molar refractivity (Wildman–Crippen MR) is 405 cm³/mol. The first-order valence-corrected chi connectivity index (χ1v) is 35.9. The zero-order valence-electron chi connectivity index (χ0n) is 59.3. The molecule has 0 saturated heterocycles. The molecule has 4 heterocycles. The number of alkyl halides is 2. The molecule has 0 aliphatic heterocycles. The van der Waals surface area contributed by atoms with E-state index in [0.717, 1.165) is 61.8 Å². The van der Waals surface area contributed by atoms with E-state index < -0.39 is 0 Å². The molecule has 8 aromatic carbocycles. The second kappa shape index (κ2) is 52.8. The number of nitrogens with zero attached hydrogens (tertiary/aromatic N) is 8. The third kappa shape index (κ3) is 30.0. The maximum atomic E-state index is 6.69. The molecule has 0 atom stereocenters. The van der Waals surface area contributed by atoms with Gasteiger partial charge in [0.15, 0.2) is 13.3 Å². The van der Waals surface area contributed by atoms with Crippen molar-refractivity contribution in [1.82, 2.24) is 18.3 Å². The molecule has 0 radical (unpaired) electrons. The fraction of sp³-hybridized carbons (Fsp3) is 0.318. The first kappa shape index (κ1) is 86.1. The van der Waals surface area contributed by atoms with Crippen molar-refractivity contribution in [2.75, 3.05) is 5.34 Å². The van der Waals surface area contributed by atoms with Crippen molar-refractivity contribution in [3.63, 3.8) is 0 Å². The van der Waals surface area contributed by atoms with Gasteiger partial charge in [-0.05, 0) is 51.4 Å². The first-order chi connectivity index (χ1) is 48.2. The van der Waals surface area contributed by atoms with Gasteiger partial charge < -0.3 is 62.2 Å². The largest absolute Gasteiger partial charge is 2.00 e. The second-order valence-corrected chi connectivity index (χ2v) is 24.0. The van der Waals surface area contributed by atoms with E-state index in [9.17, 15) is 0 Å². The van der Waals surface area contributed by atoms with Gasteiger partial charge in [0.05, 0.1) is 31.5 Å². The van der Waals surface area contributed by atoms with Crippen molar-refractivity contribution >= 4 is 67.3 Å². The average molecular weight is 1730 g/mol. The van der Waals surface area contributed by atoms with Gasteiger partial charge in [-0.15, -0.1) is 94.0 Å². The Labute approximate surface area is 639 Å². The van der Waals surface area contributed by atoms with Crippen LogP contribution in [0.25, 0.3) is 44.1 Å². The number of imidazole rings is 4. The average Bonchev–Trinajstić information content (AvgIpc) is 1.64. The Hall–Kier alpha value is -8.16. The van der Waals surface area contributed by atoms with Crippen molar-refractivity contribution in [3.8, 4) is 23.7 Å². The summed E-state index contributed by atoms with van der Waals surface area (Å²) in [5.41, 5.74) is 13.3. The maximum Gasteiger partial charge on any atom is 2.00 e. The standard InChI is InChI=1S/2C25H32N4.4C8H5.C5H12.CH2Cl2.2Pt/c2*1-3-5-11-17-26-19-28(24-15-9-7-13-22(24)26)21-29-20-27(18-12-6-4-2)23-14-8-10-16-25(23)29;4*1-2-8-6-4-3-5-7-8;1-3-5-4-2;2-1-3;;/h2*7-10,13-16H,3-6,11-12,17-18,21H2,1-2H3;4*3-7H;3-5H2,1-2H3;1H2;;/q;;4*-1;;;2*+2. The Morgan fingerprint density at radius 2 is 0.460 bits per heavy atom. The molecule has 0 bridgehead atoms. The summed E-state index contributed by atoms with van der Waals surface area (Å²) >= 11 is 9.53. The molecule has 12 heteroatoms. The van der Waals surface area contributed by atoms with E-state index >= 15 is 0 Å². The summed E-state index contributed by atoms with van der Waals surface area (Å²) in [6, 6.07) is 72.0.